The van der Waals surface area contributed by atoms with E-state index in [4.69, 9.17) is 14.6 Å². The first kappa shape index (κ1) is 11.2. The molecule has 2 rings (SSSR count). The Hall–Kier alpha value is -1.31. The molecule has 0 radical (unpaired) electrons. The normalized spacial score (nSPS) is 14.8. The molecule has 1 aromatic carbocycles. The van der Waals surface area contributed by atoms with Crippen LogP contribution in [0.3, 0.4) is 0 Å². The van der Waals surface area contributed by atoms with Gasteiger partial charge >= 0.3 is 0 Å². The molecule has 1 aliphatic heterocycles. The van der Waals surface area contributed by atoms with E-state index in [1.165, 1.54) is 0 Å². The average Bonchev–Trinajstić information content (AvgIpc) is 2.25. The van der Waals surface area contributed by atoms with E-state index in [2.05, 4.69) is 4.72 Å². The molecule has 0 atom stereocenters. The number of hydrogen-bond acceptors (Lipinski definition) is 4. The first-order valence-corrected chi connectivity index (χ1v) is 6.25. The number of hydrogen-bond donors (Lipinski definition) is 2. The highest BCUT2D eigenvalue weighted by Gasteiger charge is 2.12. The zero-order chi connectivity index (χ0) is 11.6. The summed E-state index contributed by atoms with van der Waals surface area (Å²) in [5, 5.41) is 4.83. The van der Waals surface area contributed by atoms with Gasteiger partial charge in [-0.05, 0) is 17.7 Å². The summed E-state index contributed by atoms with van der Waals surface area (Å²) in [6.45, 7) is 1.16. The summed E-state index contributed by atoms with van der Waals surface area (Å²) in [4.78, 5) is 0. The molecule has 0 bridgehead atoms. The van der Waals surface area contributed by atoms with Crippen molar-refractivity contribution in [3.05, 3.63) is 23.8 Å². The second kappa shape index (κ2) is 4.28. The molecule has 0 spiro atoms. The number of nitrogens with one attached hydrogen (secondary N) is 1. The summed E-state index contributed by atoms with van der Waals surface area (Å²) < 4.78 is 34.3. The first-order chi connectivity index (χ1) is 7.54. The molecule has 0 aliphatic carbocycles. The summed E-state index contributed by atoms with van der Waals surface area (Å²) in [6.07, 6.45) is 0. The van der Waals surface area contributed by atoms with Gasteiger partial charge in [0.1, 0.15) is 13.2 Å². The van der Waals surface area contributed by atoms with Crippen LogP contribution < -0.4 is 19.3 Å². The van der Waals surface area contributed by atoms with Crippen LogP contribution in [-0.4, -0.2) is 21.6 Å². The monoisotopic (exact) mass is 244 g/mol. The Morgan fingerprint density at radius 1 is 1.25 bits per heavy atom. The topological polar surface area (TPSA) is 90.7 Å². The van der Waals surface area contributed by atoms with Gasteiger partial charge in [-0.2, -0.15) is 13.1 Å². The van der Waals surface area contributed by atoms with Gasteiger partial charge in [-0.1, -0.05) is 6.07 Å². The number of nitrogens with two attached hydrogens (primary N) is 1. The van der Waals surface area contributed by atoms with Gasteiger partial charge in [-0.3, -0.25) is 0 Å². The molecule has 1 aliphatic rings. The van der Waals surface area contributed by atoms with Gasteiger partial charge in [0.2, 0.25) is 0 Å². The molecule has 0 saturated heterocycles. The Labute approximate surface area is 93.5 Å². The molecular formula is C9H12N2O4S. The smallest absolute Gasteiger partial charge is 0.274 e. The third-order valence-corrected chi connectivity index (χ3v) is 2.63. The summed E-state index contributed by atoms with van der Waals surface area (Å²) in [5.74, 6) is 1.30. The van der Waals surface area contributed by atoms with Crippen LogP contribution in [0.2, 0.25) is 0 Å². The van der Waals surface area contributed by atoms with Crippen molar-refractivity contribution in [2.45, 2.75) is 6.54 Å². The van der Waals surface area contributed by atoms with Crippen LogP contribution >= 0.6 is 0 Å². The van der Waals surface area contributed by atoms with Crippen LogP contribution in [0.1, 0.15) is 5.56 Å². The van der Waals surface area contributed by atoms with Crippen LogP contribution in [0, 0.1) is 0 Å². The van der Waals surface area contributed by atoms with Gasteiger partial charge in [-0.25, -0.2) is 5.14 Å². The summed E-state index contributed by atoms with van der Waals surface area (Å²) in [7, 11) is -3.67. The zero-order valence-corrected chi connectivity index (χ0v) is 9.29. The number of ether oxygens (including phenoxy) is 2. The SMILES string of the molecule is NS(=O)(=O)NCc1ccc2c(c1)OCCO2. The van der Waals surface area contributed by atoms with E-state index in [1.54, 1.807) is 18.2 Å². The lowest BCUT2D eigenvalue weighted by Crippen LogP contribution is -2.30. The summed E-state index contributed by atoms with van der Waals surface area (Å²) in [6, 6.07) is 5.23. The fourth-order valence-electron chi connectivity index (χ4n) is 1.38. The molecule has 0 saturated carbocycles. The van der Waals surface area contributed by atoms with Crippen LogP contribution in [0.15, 0.2) is 18.2 Å². The lowest BCUT2D eigenvalue weighted by molar-refractivity contribution is 0.171. The fraction of sp³-hybridized carbons (Fsp3) is 0.333. The quantitative estimate of drug-likeness (QED) is 0.767. The molecule has 0 aromatic heterocycles. The standard InChI is InChI=1S/C9H12N2O4S/c10-16(12,13)11-6-7-1-2-8-9(5-7)15-4-3-14-8/h1-2,5,11H,3-4,6H2,(H2,10,12,13). The van der Waals surface area contributed by atoms with Gasteiger partial charge in [0, 0.05) is 6.54 Å². The highest BCUT2D eigenvalue weighted by Crippen LogP contribution is 2.30. The molecule has 0 amide bonds. The molecule has 88 valence electrons. The van der Waals surface area contributed by atoms with Crippen LogP contribution in [0.4, 0.5) is 0 Å². The maximum Gasteiger partial charge on any atom is 0.274 e. The molecule has 3 N–H and O–H groups in total. The first-order valence-electron chi connectivity index (χ1n) is 4.70. The average molecular weight is 244 g/mol. The van der Waals surface area contributed by atoms with Crippen molar-refractivity contribution in [2.24, 2.45) is 5.14 Å². The largest absolute Gasteiger partial charge is 0.486 e. The second-order valence-corrected chi connectivity index (χ2v) is 4.72. The minimum Gasteiger partial charge on any atom is -0.486 e. The minimum atomic E-state index is -3.67. The van der Waals surface area contributed by atoms with Crippen molar-refractivity contribution >= 4 is 10.2 Å². The van der Waals surface area contributed by atoms with E-state index in [-0.39, 0.29) is 6.54 Å². The molecular weight excluding hydrogens is 232 g/mol. The summed E-state index contributed by atoms with van der Waals surface area (Å²) >= 11 is 0. The molecule has 16 heavy (non-hydrogen) atoms. The van der Waals surface area contributed by atoms with E-state index in [0.29, 0.717) is 24.7 Å². The third kappa shape index (κ3) is 2.84. The second-order valence-electron chi connectivity index (χ2n) is 3.34. The number of fused-ring (bicyclic) bond motifs is 1. The van der Waals surface area contributed by atoms with Gasteiger partial charge in [-0.15, -0.1) is 0 Å². The molecule has 1 heterocycles. The van der Waals surface area contributed by atoms with Crippen molar-refractivity contribution in [1.82, 2.24) is 4.72 Å². The van der Waals surface area contributed by atoms with Crippen LogP contribution in [-0.2, 0) is 16.8 Å². The molecule has 0 fully saturated rings. The molecule has 7 heteroatoms. The Kier molecular flexibility index (Phi) is 2.99. The number of benzene rings is 1. The third-order valence-electron chi connectivity index (χ3n) is 2.08. The number of rotatable bonds is 3. The Balaban J connectivity index is 2.11. The van der Waals surface area contributed by atoms with Crippen molar-refractivity contribution in [2.75, 3.05) is 13.2 Å². The van der Waals surface area contributed by atoms with Gasteiger partial charge in [0.25, 0.3) is 10.2 Å². The van der Waals surface area contributed by atoms with E-state index in [1.807, 2.05) is 0 Å². The highest BCUT2D eigenvalue weighted by molar-refractivity contribution is 7.87. The summed E-state index contributed by atoms with van der Waals surface area (Å²) in [5.41, 5.74) is 0.762. The van der Waals surface area contributed by atoms with Crippen molar-refractivity contribution in [3.63, 3.8) is 0 Å². The van der Waals surface area contributed by atoms with E-state index in [0.717, 1.165) is 5.56 Å². The fourth-order valence-corrected chi connectivity index (χ4v) is 1.75. The maximum absolute atomic E-state index is 10.7. The van der Waals surface area contributed by atoms with E-state index < -0.39 is 10.2 Å². The van der Waals surface area contributed by atoms with Gasteiger partial charge in [0.05, 0.1) is 0 Å². The maximum atomic E-state index is 10.7. The Morgan fingerprint density at radius 2 is 1.94 bits per heavy atom. The van der Waals surface area contributed by atoms with Crippen LogP contribution in [0.25, 0.3) is 0 Å². The van der Waals surface area contributed by atoms with Crippen molar-refractivity contribution in [1.29, 1.82) is 0 Å². The Bertz CT molecular complexity index is 486. The lowest BCUT2D eigenvalue weighted by Gasteiger charge is -2.18. The zero-order valence-electron chi connectivity index (χ0n) is 8.47. The highest BCUT2D eigenvalue weighted by atomic mass is 32.2. The minimum absolute atomic E-state index is 0.134. The van der Waals surface area contributed by atoms with Crippen molar-refractivity contribution < 1.29 is 17.9 Å². The predicted octanol–water partition coefficient (Wildman–Crippen LogP) is -0.249. The molecule has 1 aromatic rings. The van der Waals surface area contributed by atoms with Gasteiger partial charge in [0.15, 0.2) is 11.5 Å². The van der Waals surface area contributed by atoms with Crippen molar-refractivity contribution in [3.8, 4) is 11.5 Å². The lowest BCUT2D eigenvalue weighted by atomic mass is 10.2. The molecule has 0 unspecified atom stereocenters. The predicted molar refractivity (Wildman–Crippen MR) is 57.4 cm³/mol. The molecule has 6 nitrogen and oxygen atoms in total. The van der Waals surface area contributed by atoms with E-state index in [9.17, 15) is 8.42 Å². The van der Waals surface area contributed by atoms with Gasteiger partial charge < -0.3 is 9.47 Å². The Morgan fingerprint density at radius 3 is 2.62 bits per heavy atom. The van der Waals surface area contributed by atoms with E-state index >= 15 is 0 Å². The van der Waals surface area contributed by atoms with Crippen LogP contribution in [0.5, 0.6) is 11.5 Å².